The number of hydrogen-bond donors (Lipinski definition) is 1. The van der Waals surface area contributed by atoms with Crippen LogP contribution in [0.15, 0.2) is 0 Å². The first kappa shape index (κ1) is 18.6. The lowest BCUT2D eigenvalue weighted by Crippen LogP contribution is -2.43. The van der Waals surface area contributed by atoms with Gasteiger partial charge in [0.2, 0.25) is 5.91 Å². The Morgan fingerprint density at radius 3 is 2.62 bits per heavy atom. The van der Waals surface area contributed by atoms with Gasteiger partial charge in [-0.2, -0.15) is 13.2 Å². The number of rotatable bonds is 6. The van der Waals surface area contributed by atoms with Crippen LogP contribution in [0.3, 0.4) is 0 Å². The second-order valence-electron chi connectivity index (χ2n) is 6.59. The highest BCUT2D eigenvalue weighted by atomic mass is 19.4. The first-order chi connectivity index (χ1) is 11.2. The van der Waals surface area contributed by atoms with Crippen molar-refractivity contribution in [2.24, 2.45) is 11.8 Å². The van der Waals surface area contributed by atoms with E-state index in [0.717, 1.165) is 0 Å². The molecule has 0 spiro atoms. The molecule has 0 aliphatic carbocycles. The summed E-state index contributed by atoms with van der Waals surface area (Å²) < 4.78 is 38.6. The largest absolute Gasteiger partial charge is 0.390 e. The highest BCUT2D eigenvalue weighted by Gasteiger charge is 2.37. The predicted molar refractivity (Wildman–Crippen MR) is 79.9 cm³/mol. The number of carbonyl (C=O) groups is 1. The third kappa shape index (κ3) is 5.15. The molecule has 1 fully saturated rings. The van der Waals surface area contributed by atoms with Crippen LogP contribution in [0.5, 0.6) is 0 Å². The van der Waals surface area contributed by atoms with Crippen molar-refractivity contribution in [3.8, 4) is 0 Å². The van der Waals surface area contributed by atoms with Gasteiger partial charge in [0, 0.05) is 25.7 Å². The molecule has 24 heavy (non-hydrogen) atoms. The summed E-state index contributed by atoms with van der Waals surface area (Å²) in [5, 5.41) is 13.8. The van der Waals surface area contributed by atoms with Crippen LogP contribution in [0.2, 0.25) is 0 Å². The lowest BCUT2D eigenvalue weighted by atomic mass is 9.91. The maximum atomic E-state index is 12.4. The van der Waals surface area contributed by atoms with E-state index in [0.29, 0.717) is 18.9 Å². The van der Waals surface area contributed by atoms with Gasteiger partial charge in [-0.05, 0) is 29.2 Å². The van der Waals surface area contributed by atoms with Crippen molar-refractivity contribution in [2.75, 3.05) is 19.6 Å². The Bertz CT molecular complexity index is 559. The fourth-order valence-electron chi connectivity index (χ4n) is 2.99. The van der Waals surface area contributed by atoms with Crippen LogP contribution < -0.4 is 5.32 Å². The molecule has 2 atom stereocenters. The fourth-order valence-corrected chi connectivity index (χ4v) is 2.99. The van der Waals surface area contributed by atoms with E-state index in [4.69, 9.17) is 0 Å². The smallest absolute Gasteiger partial charge is 0.350 e. The van der Waals surface area contributed by atoms with Gasteiger partial charge in [0.15, 0.2) is 0 Å². The summed E-state index contributed by atoms with van der Waals surface area (Å²) in [6.45, 7) is 6.68. The number of aromatic nitrogens is 4. The van der Waals surface area contributed by atoms with E-state index in [1.54, 1.807) is 11.8 Å². The molecule has 1 aromatic heterocycles. The Morgan fingerprint density at radius 1 is 1.38 bits per heavy atom. The summed E-state index contributed by atoms with van der Waals surface area (Å²) in [4.78, 5) is 14.0. The number of likely N-dealkylation sites (tertiary alicyclic amines) is 1. The number of aryl methyl sites for hydroxylation is 1. The highest BCUT2D eigenvalue weighted by Crippen LogP contribution is 2.27. The summed E-state index contributed by atoms with van der Waals surface area (Å²) in [6.07, 6.45) is -4.99. The van der Waals surface area contributed by atoms with Gasteiger partial charge in [0.05, 0.1) is 6.42 Å². The fraction of sp³-hybridized carbons (Fsp3) is 0.857. The topological polar surface area (TPSA) is 75.9 Å². The standard InChI is InChI=1S/C14H23F3N6O/c1-9(2)11-6-22(5-4-14(15,16)17)7-12(11)18-13(24)8-23-10(3)19-20-21-23/h9,11-12H,4-8H2,1-3H3,(H,18,24)/t11-,12+/m0/s1. The van der Waals surface area contributed by atoms with E-state index >= 15 is 0 Å². The minimum atomic E-state index is -4.16. The molecule has 1 aliphatic heterocycles. The second-order valence-corrected chi connectivity index (χ2v) is 6.59. The van der Waals surface area contributed by atoms with Crippen LogP contribution in [-0.2, 0) is 11.3 Å². The molecule has 1 aromatic rings. The van der Waals surface area contributed by atoms with Crippen molar-refractivity contribution in [1.29, 1.82) is 0 Å². The average Bonchev–Trinajstić information content (AvgIpc) is 3.03. The van der Waals surface area contributed by atoms with Crippen LogP contribution in [-0.4, -0.2) is 62.9 Å². The van der Waals surface area contributed by atoms with Gasteiger partial charge in [-0.25, -0.2) is 4.68 Å². The van der Waals surface area contributed by atoms with Gasteiger partial charge in [-0.1, -0.05) is 13.8 Å². The molecule has 2 heterocycles. The molecule has 136 valence electrons. The summed E-state index contributed by atoms with van der Waals surface area (Å²) in [5.41, 5.74) is 0. The Kier molecular flexibility index (Phi) is 5.79. The Hall–Kier alpha value is -1.71. The van der Waals surface area contributed by atoms with Crippen molar-refractivity contribution in [3.05, 3.63) is 5.82 Å². The molecule has 0 radical (unpaired) electrons. The molecule has 1 amide bonds. The van der Waals surface area contributed by atoms with Crippen LogP contribution in [0.25, 0.3) is 0 Å². The molecule has 7 nitrogen and oxygen atoms in total. The van der Waals surface area contributed by atoms with Gasteiger partial charge < -0.3 is 10.2 Å². The molecular weight excluding hydrogens is 325 g/mol. The number of halogens is 3. The first-order valence-corrected chi connectivity index (χ1v) is 7.97. The molecule has 1 aliphatic rings. The maximum Gasteiger partial charge on any atom is 0.390 e. The molecule has 2 rings (SSSR count). The van der Waals surface area contributed by atoms with E-state index < -0.39 is 12.6 Å². The number of tetrazole rings is 1. The van der Waals surface area contributed by atoms with Crippen LogP contribution in [0, 0.1) is 18.8 Å². The Morgan fingerprint density at radius 2 is 2.08 bits per heavy atom. The van der Waals surface area contributed by atoms with Crippen molar-refractivity contribution in [1.82, 2.24) is 30.4 Å². The number of alkyl halides is 3. The zero-order valence-electron chi connectivity index (χ0n) is 14.0. The molecule has 1 N–H and O–H groups in total. The van der Waals surface area contributed by atoms with Gasteiger partial charge >= 0.3 is 6.18 Å². The third-order valence-corrected chi connectivity index (χ3v) is 4.36. The van der Waals surface area contributed by atoms with Crippen LogP contribution >= 0.6 is 0 Å². The van der Waals surface area contributed by atoms with Crippen molar-refractivity contribution < 1.29 is 18.0 Å². The van der Waals surface area contributed by atoms with Crippen molar-refractivity contribution in [3.63, 3.8) is 0 Å². The monoisotopic (exact) mass is 348 g/mol. The van der Waals surface area contributed by atoms with E-state index in [9.17, 15) is 18.0 Å². The van der Waals surface area contributed by atoms with Crippen molar-refractivity contribution >= 4 is 5.91 Å². The highest BCUT2D eigenvalue weighted by molar-refractivity contribution is 5.76. The number of nitrogens with one attached hydrogen (secondary N) is 1. The maximum absolute atomic E-state index is 12.4. The molecule has 0 aromatic carbocycles. The minimum absolute atomic E-state index is 0.00268. The molecule has 1 saturated heterocycles. The predicted octanol–water partition coefficient (Wildman–Crippen LogP) is 1.01. The van der Waals surface area contributed by atoms with E-state index in [2.05, 4.69) is 20.8 Å². The first-order valence-electron chi connectivity index (χ1n) is 7.97. The number of amides is 1. The van der Waals surface area contributed by atoms with Gasteiger partial charge in [0.1, 0.15) is 12.4 Å². The van der Waals surface area contributed by atoms with E-state index in [-0.39, 0.29) is 36.9 Å². The summed E-state index contributed by atoms with van der Waals surface area (Å²) in [7, 11) is 0. The van der Waals surface area contributed by atoms with E-state index in [1.807, 2.05) is 13.8 Å². The van der Waals surface area contributed by atoms with Crippen molar-refractivity contribution in [2.45, 2.75) is 46.0 Å². The molecule has 10 heteroatoms. The number of hydrogen-bond acceptors (Lipinski definition) is 5. The molecule has 0 unspecified atom stereocenters. The lowest BCUT2D eigenvalue weighted by molar-refractivity contribution is -0.137. The zero-order valence-corrected chi connectivity index (χ0v) is 14.0. The van der Waals surface area contributed by atoms with Crippen LogP contribution in [0.4, 0.5) is 13.2 Å². The third-order valence-electron chi connectivity index (χ3n) is 4.36. The summed E-state index contributed by atoms with van der Waals surface area (Å²) in [6, 6.07) is -0.164. The SMILES string of the molecule is Cc1nnnn1CC(=O)N[C@@H]1CN(CCC(F)(F)F)C[C@H]1C(C)C. The number of nitrogens with zero attached hydrogens (tertiary/aromatic N) is 5. The summed E-state index contributed by atoms with van der Waals surface area (Å²) in [5.74, 6) is 0.681. The van der Waals surface area contributed by atoms with Gasteiger partial charge in [0.25, 0.3) is 0 Å². The van der Waals surface area contributed by atoms with Gasteiger partial charge in [-0.3, -0.25) is 4.79 Å². The Labute approximate surface area is 138 Å². The second kappa shape index (κ2) is 7.45. The average molecular weight is 348 g/mol. The number of carbonyl (C=O) groups excluding carboxylic acids is 1. The lowest BCUT2D eigenvalue weighted by Gasteiger charge is -2.23. The molecule has 0 bridgehead atoms. The summed E-state index contributed by atoms with van der Waals surface area (Å²) >= 11 is 0. The van der Waals surface area contributed by atoms with E-state index in [1.165, 1.54) is 4.68 Å². The quantitative estimate of drug-likeness (QED) is 0.830. The minimum Gasteiger partial charge on any atom is -0.350 e. The zero-order chi connectivity index (χ0) is 17.9. The molecule has 0 saturated carbocycles. The molecular formula is C14H23F3N6O. The van der Waals surface area contributed by atoms with Crippen LogP contribution in [0.1, 0.15) is 26.1 Å². The normalized spacial score (nSPS) is 22.3. The Balaban J connectivity index is 1.91. The van der Waals surface area contributed by atoms with Gasteiger partial charge in [-0.15, -0.1) is 5.10 Å².